The smallest absolute Gasteiger partial charge is 0.109 e. The van der Waals surface area contributed by atoms with Crippen LogP contribution >= 0.6 is 22.6 Å². The zero-order valence-corrected chi connectivity index (χ0v) is 13.0. The van der Waals surface area contributed by atoms with Gasteiger partial charge in [-0.1, -0.05) is 58.8 Å². The van der Waals surface area contributed by atoms with Gasteiger partial charge in [-0.15, -0.1) is 0 Å². The lowest BCUT2D eigenvalue weighted by Crippen LogP contribution is -1.83. The van der Waals surface area contributed by atoms with Crippen LogP contribution in [0, 0.1) is 0 Å². The Balaban J connectivity index is 3.27. The van der Waals surface area contributed by atoms with Gasteiger partial charge in [0.1, 0.15) is 5.83 Å². The van der Waals surface area contributed by atoms with Crippen LogP contribution < -0.4 is 0 Å². The molecule has 0 aromatic carbocycles. The highest BCUT2D eigenvalue weighted by Crippen LogP contribution is 2.22. The van der Waals surface area contributed by atoms with Crippen molar-refractivity contribution in [2.24, 2.45) is 0 Å². The van der Waals surface area contributed by atoms with Gasteiger partial charge in [0.05, 0.1) is 0 Å². The second-order valence-corrected chi connectivity index (χ2v) is 5.69. The predicted molar refractivity (Wildman–Crippen MR) is 79.7 cm³/mol. The third-order valence-electron chi connectivity index (χ3n) is 2.85. The number of allylic oxidation sites excluding steroid dienone is 2. The first-order chi connectivity index (χ1) is 7.72. The topological polar surface area (TPSA) is 0 Å². The molecule has 0 aliphatic carbocycles. The zero-order chi connectivity index (χ0) is 12.2. The van der Waals surface area contributed by atoms with Crippen LogP contribution in [0.25, 0.3) is 0 Å². The van der Waals surface area contributed by atoms with Crippen molar-refractivity contribution in [3.63, 3.8) is 0 Å². The van der Waals surface area contributed by atoms with Crippen molar-refractivity contribution < 1.29 is 4.39 Å². The Labute approximate surface area is 114 Å². The Morgan fingerprint density at radius 3 is 1.88 bits per heavy atom. The molecule has 0 rings (SSSR count). The van der Waals surface area contributed by atoms with Gasteiger partial charge in [0.2, 0.25) is 0 Å². The second-order valence-electron chi connectivity index (χ2n) is 4.39. The maximum Gasteiger partial charge on any atom is 0.109 e. The highest BCUT2D eigenvalue weighted by Gasteiger charge is 2.01. The standard InChI is InChI=1S/C14H26FI/c1-3-5-6-7-8-9-10-11-12-13(15)14(16)4-2/h3-12H2,1-2H3/b14-13+. The van der Waals surface area contributed by atoms with E-state index in [1.54, 1.807) is 0 Å². The number of halogens is 2. The fourth-order valence-corrected chi connectivity index (χ4v) is 2.01. The Morgan fingerprint density at radius 2 is 1.38 bits per heavy atom. The van der Waals surface area contributed by atoms with E-state index in [0.29, 0.717) is 6.42 Å². The van der Waals surface area contributed by atoms with Gasteiger partial charge in [-0.3, -0.25) is 0 Å². The van der Waals surface area contributed by atoms with Crippen molar-refractivity contribution in [2.45, 2.75) is 78.1 Å². The van der Waals surface area contributed by atoms with Crippen molar-refractivity contribution in [2.75, 3.05) is 0 Å². The molecule has 16 heavy (non-hydrogen) atoms. The Morgan fingerprint density at radius 1 is 0.875 bits per heavy atom. The first kappa shape index (κ1) is 16.4. The molecular formula is C14H26FI. The van der Waals surface area contributed by atoms with E-state index in [0.717, 1.165) is 16.4 Å². The van der Waals surface area contributed by atoms with Crippen LogP contribution in [-0.2, 0) is 0 Å². The summed E-state index contributed by atoms with van der Waals surface area (Å²) < 4.78 is 14.2. The molecule has 0 spiro atoms. The molecule has 0 N–H and O–H groups in total. The van der Waals surface area contributed by atoms with Crippen LogP contribution in [0.2, 0.25) is 0 Å². The van der Waals surface area contributed by atoms with E-state index in [4.69, 9.17) is 0 Å². The summed E-state index contributed by atoms with van der Waals surface area (Å²) in [4.78, 5) is 0. The van der Waals surface area contributed by atoms with Crippen LogP contribution in [0.4, 0.5) is 4.39 Å². The lowest BCUT2D eigenvalue weighted by Gasteiger charge is -2.02. The number of unbranched alkanes of at least 4 members (excludes halogenated alkanes) is 7. The molecular weight excluding hydrogens is 314 g/mol. The highest BCUT2D eigenvalue weighted by atomic mass is 127. The molecule has 0 atom stereocenters. The SMILES string of the molecule is CCCCCCCCCC/C(F)=C(\I)CC. The minimum atomic E-state index is 0.120. The van der Waals surface area contributed by atoms with Gasteiger partial charge >= 0.3 is 0 Å². The van der Waals surface area contributed by atoms with Gasteiger partial charge in [-0.25, -0.2) is 4.39 Å². The van der Waals surface area contributed by atoms with Gasteiger partial charge in [0, 0.05) is 3.58 Å². The maximum atomic E-state index is 13.3. The summed E-state index contributed by atoms with van der Waals surface area (Å²) in [5.41, 5.74) is 0. The van der Waals surface area contributed by atoms with Crippen LogP contribution in [0.1, 0.15) is 78.1 Å². The number of hydrogen-bond donors (Lipinski definition) is 0. The van der Waals surface area contributed by atoms with Crippen molar-refractivity contribution in [3.05, 3.63) is 9.41 Å². The summed E-state index contributed by atoms with van der Waals surface area (Å²) in [5, 5.41) is 0. The lowest BCUT2D eigenvalue weighted by atomic mass is 10.1. The monoisotopic (exact) mass is 340 g/mol. The molecule has 0 saturated heterocycles. The summed E-state index contributed by atoms with van der Waals surface area (Å²) in [6, 6.07) is 0. The van der Waals surface area contributed by atoms with E-state index in [-0.39, 0.29) is 5.83 Å². The van der Waals surface area contributed by atoms with E-state index in [1.165, 1.54) is 44.9 Å². The minimum Gasteiger partial charge on any atom is -0.211 e. The quantitative estimate of drug-likeness (QED) is 0.313. The van der Waals surface area contributed by atoms with E-state index in [2.05, 4.69) is 29.5 Å². The van der Waals surface area contributed by atoms with Crippen LogP contribution in [0.5, 0.6) is 0 Å². The van der Waals surface area contributed by atoms with Crippen LogP contribution in [-0.4, -0.2) is 0 Å². The van der Waals surface area contributed by atoms with E-state index in [9.17, 15) is 4.39 Å². The second kappa shape index (κ2) is 11.9. The summed E-state index contributed by atoms with van der Waals surface area (Å²) in [6.45, 7) is 4.25. The minimum absolute atomic E-state index is 0.120. The molecule has 0 nitrogen and oxygen atoms in total. The molecule has 0 bridgehead atoms. The number of rotatable bonds is 10. The van der Waals surface area contributed by atoms with Crippen LogP contribution in [0.3, 0.4) is 0 Å². The fraction of sp³-hybridized carbons (Fsp3) is 0.857. The van der Waals surface area contributed by atoms with Crippen LogP contribution in [0.15, 0.2) is 9.41 Å². The van der Waals surface area contributed by atoms with E-state index in [1.807, 2.05) is 6.92 Å². The normalized spacial score (nSPS) is 12.8. The molecule has 0 aromatic rings. The van der Waals surface area contributed by atoms with E-state index < -0.39 is 0 Å². The molecule has 0 fully saturated rings. The summed E-state index contributed by atoms with van der Waals surface area (Å²) in [7, 11) is 0. The van der Waals surface area contributed by atoms with Crippen molar-refractivity contribution >= 4 is 22.6 Å². The molecule has 0 unspecified atom stereocenters. The summed E-state index contributed by atoms with van der Waals surface area (Å²) >= 11 is 2.12. The molecule has 0 aliphatic heterocycles. The van der Waals surface area contributed by atoms with Gasteiger partial charge in [-0.05, 0) is 41.9 Å². The molecule has 0 amide bonds. The third-order valence-corrected chi connectivity index (χ3v) is 4.20. The maximum absolute atomic E-state index is 13.3. The molecule has 0 saturated carbocycles. The average Bonchev–Trinajstić information content (AvgIpc) is 2.31. The molecule has 2 heteroatoms. The zero-order valence-electron chi connectivity index (χ0n) is 10.8. The third kappa shape index (κ3) is 9.61. The Bertz CT molecular complexity index is 187. The van der Waals surface area contributed by atoms with Gasteiger partial charge < -0.3 is 0 Å². The molecule has 0 aromatic heterocycles. The molecule has 0 radical (unpaired) electrons. The van der Waals surface area contributed by atoms with Gasteiger partial charge in [-0.2, -0.15) is 0 Å². The first-order valence-corrected chi connectivity index (χ1v) is 7.83. The molecule has 0 heterocycles. The number of hydrogen-bond acceptors (Lipinski definition) is 0. The molecule has 0 aliphatic rings. The average molecular weight is 340 g/mol. The van der Waals surface area contributed by atoms with Crippen molar-refractivity contribution in [1.82, 2.24) is 0 Å². The lowest BCUT2D eigenvalue weighted by molar-refractivity contribution is 0.531. The Hall–Kier alpha value is 0.400. The Kier molecular flexibility index (Phi) is 12.2. The fourth-order valence-electron chi connectivity index (χ4n) is 1.74. The van der Waals surface area contributed by atoms with Crippen molar-refractivity contribution in [3.8, 4) is 0 Å². The molecule has 96 valence electrons. The highest BCUT2D eigenvalue weighted by molar-refractivity contribution is 14.1. The van der Waals surface area contributed by atoms with Crippen molar-refractivity contribution in [1.29, 1.82) is 0 Å². The van der Waals surface area contributed by atoms with Gasteiger partial charge in [0.15, 0.2) is 0 Å². The predicted octanol–water partition coefficient (Wildman–Crippen LogP) is 6.54. The summed E-state index contributed by atoms with van der Waals surface area (Å²) in [5.74, 6) is 0.120. The largest absolute Gasteiger partial charge is 0.211 e. The summed E-state index contributed by atoms with van der Waals surface area (Å²) in [6.07, 6.45) is 11.7. The van der Waals surface area contributed by atoms with Gasteiger partial charge in [0.25, 0.3) is 0 Å². The van der Waals surface area contributed by atoms with E-state index >= 15 is 0 Å². The first-order valence-electron chi connectivity index (χ1n) is 6.75.